The molecule has 0 aliphatic carbocycles. The van der Waals surface area contributed by atoms with Crippen molar-refractivity contribution in [3.8, 4) is 0 Å². The molecule has 1 heterocycles. The van der Waals surface area contributed by atoms with Crippen molar-refractivity contribution < 1.29 is 14.0 Å². The largest absolute Gasteiger partial charge is 0.329 e. The van der Waals surface area contributed by atoms with Crippen molar-refractivity contribution in [2.75, 3.05) is 4.90 Å². The van der Waals surface area contributed by atoms with Crippen molar-refractivity contribution in [1.29, 1.82) is 0 Å². The normalized spacial score (nSPS) is 19.2. The van der Waals surface area contributed by atoms with E-state index in [0.29, 0.717) is 12.1 Å². The van der Waals surface area contributed by atoms with Crippen LogP contribution in [0.4, 0.5) is 14.9 Å². The van der Waals surface area contributed by atoms with E-state index >= 15 is 0 Å². The molecule has 0 radical (unpaired) electrons. The lowest BCUT2D eigenvalue weighted by molar-refractivity contribution is -0.118. The smallest absolute Gasteiger partial charge is 0.325 e. The quantitative estimate of drug-likeness (QED) is 0.834. The number of carbonyl (C=O) groups excluding carboxylic acids is 2. The molecule has 3 amide bonds. The number of urea groups is 1. The van der Waals surface area contributed by atoms with Crippen LogP contribution in [-0.2, 0) is 4.79 Å². The van der Waals surface area contributed by atoms with Crippen molar-refractivity contribution in [3.63, 3.8) is 0 Å². The van der Waals surface area contributed by atoms with Gasteiger partial charge >= 0.3 is 6.03 Å². The average molecular weight is 250 g/mol. The van der Waals surface area contributed by atoms with Crippen LogP contribution in [0.1, 0.15) is 26.2 Å². The first-order chi connectivity index (χ1) is 8.63. The van der Waals surface area contributed by atoms with Crippen molar-refractivity contribution in [2.45, 2.75) is 32.2 Å². The Labute approximate surface area is 105 Å². The highest BCUT2D eigenvalue weighted by Crippen LogP contribution is 2.21. The summed E-state index contributed by atoms with van der Waals surface area (Å²) in [5.41, 5.74) is 0.401. The van der Waals surface area contributed by atoms with Crippen molar-refractivity contribution in [2.24, 2.45) is 0 Å². The summed E-state index contributed by atoms with van der Waals surface area (Å²) >= 11 is 0. The maximum Gasteiger partial charge on any atom is 0.329 e. The highest BCUT2D eigenvalue weighted by atomic mass is 19.1. The van der Waals surface area contributed by atoms with E-state index in [1.807, 2.05) is 6.92 Å². The molecule has 1 aliphatic rings. The van der Waals surface area contributed by atoms with Crippen LogP contribution in [0, 0.1) is 5.82 Å². The Kier molecular flexibility index (Phi) is 3.60. The topological polar surface area (TPSA) is 49.4 Å². The van der Waals surface area contributed by atoms with Crippen molar-refractivity contribution in [3.05, 3.63) is 30.1 Å². The lowest BCUT2D eigenvalue weighted by Gasteiger charge is -2.12. The Morgan fingerprint density at radius 3 is 2.56 bits per heavy atom. The number of imide groups is 1. The average Bonchev–Trinajstić information content (AvgIpc) is 2.63. The number of nitrogens with zero attached hydrogens (tertiary/aromatic N) is 1. The van der Waals surface area contributed by atoms with Crippen LogP contribution in [0.3, 0.4) is 0 Å². The summed E-state index contributed by atoms with van der Waals surface area (Å²) in [6.45, 7) is 2.03. The minimum atomic E-state index is -0.456. The van der Waals surface area contributed by atoms with Gasteiger partial charge in [-0.2, -0.15) is 0 Å². The summed E-state index contributed by atoms with van der Waals surface area (Å²) in [5, 5.41) is 2.65. The molecule has 0 spiro atoms. The number of nitrogens with one attached hydrogen (secondary N) is 1. The molecule has 1 N–H and O–H groups in total. The number of hydrogen-bond acceptors (Lipinski definition) is 2. The number of anilines is 1. The van der Waals surface area contributed by atoms with Gasteiger partial charge in [-0.3, -0.25) is 4.79 Å². The van der Waals surface area contributed by atoms with E-state index in [2.05, 4.69) is 5.32 Å². The molecule has 1 aromatic rings. The molecule has 0 aromatic heterocycles. The summed E-state index contributed by atoms with van der Waals surface area (Å²) in [4.78, 5) is 24.9. The van der Waals surface area contributed by atoms with Gasteiger partial charge in [0.2, 0.25) is 0 Å². The zero-order valence-electron chi connectivity index (χ0n) is 10.1. The van der Waals surface area contributed by atoms with Crippen LogP contribution in [0.25, 0.3) is 0 Å². The van der Waals surface area contributed by atoms with Gasteiger partial charge in [-0.25, -0.2) is 14.1 Å². The van der Waals surface area contributed by atoms with Crippen LogP contribution in [0.15, 0.2) is 24.3 Å². The van der Waals surface area contributed by atoms with E-state index in [4.69, 9.17) is 0 Å². The van der Waals surface area contributed by atoms with Gasteiger partial charge < -0.3 is 5.32 Å². The third kappa shape index (κ3) is 2.34. The van der Waals surface area contributed by atoms with Gasteiger partial charge in [0, 0.05) is 0 Å². The minimum absolute atomic E-state index is 0.264. The Morgan fingerprint density at radius 1 is 1.28 bits per heavy atom. The van der Waals surface area contributed by atoms with Crippen LogP contribution in [0.5, 0.6) is 0 Å². The molecule has 2 rings (SSSR count). The SMILES string of the molecule is CCCCC1NC(=O)N(c2ccc(F)cc2)C1=O. The van der Waals surface area contributed by atoms with Gasteiger partial charge in [0.25, 0.3) is 5.91 Å². The highest BCUT2D eigenvalue weighted by Gasteiger charge is 2.38. The monoisotopic (exact) mass is 250 g/mol. The number of carbonyl (C=O) groups is 2. The number of unbranched alkanes of at least 4 members (excludes halogenated alkanes) is 1. The minimum Gasteiger partial charge on any atom is -0.325 e. The Bertz CT molecular complexity index is 459. The molecule has 1 atom stereocenters. The molecular formula is C13H15FN2O2. The van der Waals surface area contributed by atoms with E-state index in [9.17, 15) is 14.0 Å². The van der Waals surface area contributed by atoms with E-state index < -0.39 is 17.9 Å². The molecule has 1 aliphatic heterocycles. The lowest BCUT2D eigenvalue weighted by Crippen LogP contribution is -2.31. The maximum absolute atomic E-state index is 12.8. The van der Waals surface area contributed by atoms with E-state index in [1.54, 1.807) is 0 Å². The van der Waals surface area contributed by atoms with Gasteiger partial charge in [0.15, 0.2) is 0 Å². The first-order valence-corrected chi connectivity index (χ1v) is 6.03. The zero-order valence-corrected chi connectivity index (χ0v) is 10.1. The van der Waals surface area contributed by atoms with Gasteiger partial charge in [0.1, 0.15) is 11.9 Å². The molecule has 1 fully saturated rings. The van der Waals surface area contributed by atoms with Crippen LogP contribution in [0.2, 0.25) is 0 Å². The Balaban J connectivity index is 2.16. The third-order valence-corrected chi connectivity index (χ3v) is 2.95. The van der Waals surface area contributed by atoms with E-state index in [0.717, 1.165) is 17.7 Å². The fourth-order valence-electron chi connectivity index (χ4n) is 1.97. The van der Waals surface area contributed by atoms with Gasteiger partial charge in [0.05, 0.1) is 5.69 Å². The molecular weight excluding hydrogens is 235 g/mol. The van der Waals surface area contributed by atoms with Crippen LogP contribution >= 0.6 is 0 Å². The zero-order chi connectivity index (χ0) is 13.1. The first-order valence-electron chi connectivity index (χ1n) is 6.03. The molecule has 0 bridgehead atoms. The lowest BCUT2D eigenvalue weighted by atomic mass is 10.1. The summed E-state index contributed by atoms with van der Waals surface area (Å²) in [5.74, 6) is -0.659. The second-order valence-corrected chi connectivity index (χ2v) is 4.29. The Morgan fingerprint density at radius 2 is 1.94 bits per heavy atom. The van der Waals surface area contributed by atoms with E-state index in [-0.39, 0.29) is 5.91 Å². The molecule has 18 heavy (non-hydrogen) atoms. The number of hydrogen-bond donors (Lipinski definition) is 1. The molecule has 1 aromatic carbocycles. The predicted molar refractivity (Wildman–Crippen MR) is 65.7 cm³/mol. The van der Waals surface area contributed by atoms with Crippen molar-refractivity contribution >= 4 is 17.6 Å². The second kappa shape index (κ2) is 5.16. The molecule has 5 heteroatoms. The fourth-order valence-corrected chi connectivity index (χ4v) is 1.97. The molecule has 4 nitrogen and oxygen atoms in total. The van der Waals surface area contributed by atoms with Crippen LogP contribution < -0.4 is 10.2 Å². The number of halogens is 1. The first kappa shape index (κ1) is 12.5. The molecule has 1 saturated heterocycles. The number of rotatable bonds is 4. The maximum atomic E-state index is 12.8. The van der Waals surface area contributed by atoms with Crippen molar-refractivity contribution in [1.82, 2.24) is 5.32 Å². The summed E-state index contributed by atoms with van der Waals surface area (Å²) in [6, 6.07) is 4.42. The standard InChI is InChI=1S/C13H15FN2O2/c1-2-3-4-11-12(17)16(13(18)15-11)10-7-5-9(14)6-8-10/h5-8,11H,2-4H2,1H3,(H,15,18). The van der Waals surface area contributed by atoms with Crippen LogP contribution in [-0.4, -0.2) is 18.0 Å². The summed E-state index contributed by atoms with van der Waals surface area (Å²) in [7, 11) is 0. The number of amides is 3. The summed E-state index contributed by atoms with van der Waals surface area (Å²) in [6.07, 6.45) is 2.49. The van der Waals surface area contributed by atoms with E-state index in [1.165, 1.54) is 24.3 Å². The highest BCUT2D eigenvalue weighted by molar-refractivity contribution is 6.21. The van der Waals surface area contributed by atoms with Gasteiger partial charge in [-0.1, -0.05) is 19.8 Å². The molecule has 1 unspecified atom stereocenters. The fraction of sp³-hybridized carbons (Fsp3) is 0.385. The predicted octanol–water partition coefficient (Wildman–Crippen LogP) is 2.44. The van der Waals surface area contributed by atoms with Gasteiger partial charge in [-0.05, 0) is 30.7 Å². The number of benzene rings is 1. The second-order valence-electron chi connectivity index (χ2n) is 4.29. The Hall–Kier alpha value is -1.91. The van der Waals surface area contributed by atoms with Gasteiger partial charge in [-0.15, -0.1) is 0 Å². The summed E-state index contributed by atoms with van der Waals surface area (Å²) < 4.78 is 12.8. The molecule has 96 valence electrons. The molecule has 0 saturated carbocycles. The third-order valence-electron chi connectivity index (χ3n) is 2.95.